The molecule has 2 aromatic carbocycles. The first-order valence-electron chi connectivity index (χ1n) is 9.18. The lowest BCUT2D eigenvalue weighted by Crippen LogP contribution is -2.32. The molecule has 0 fully saturated rings. The van der Waals surface area contributed by atoms with E-state index in [2.05, 4.69) is 16.0 Å². The molecule has 5 nitrogen and oxygen atoms in total. The molecule has 2 aromatic rings. The predicted octanol–water partition coefficient (Wildman–Crippen LogP) is 4.44. The summed E-state index contributed by atoms with van der Waals surface area (Å²) in [5.41, 5.74) is 2.17. The average molecular weight is 428 g/mol. The number of hydrogen-bond acceptors (Lipinski definition) is 3. The van der Waals surface area contributed by atoms with E-state index in [0.29, 0.717) is 12.1 Å². The highest BCUT2D eigenvalue weighted by Gasteiger charge is 2.33. The number of nitrogens with one attached hydrogen (secondary N) is 3. The topological polar surface area (TPSA) is 73.4 Å². The monoisotopic (exact) mass is 427 g/mol. The SMILES string of the molecule is O=C(NCCNc1ccc(Cl)c(C(F)(F)F)c1)Nc1ccc2c(c1)CC(O)CC2. The number of benzene rings is 2. The molecule has 0 bridgehead atoms. The van der Waals surface area contributed by atoms with Crippen molar-refractivity contribution < 1.29 is 23.1 Å². The summed E-state index contributed by atoms with van der Waals surface area (Å²) in [6, 6.07) is 8.73. The number of carbonyl (C=O) groups is 1. The fourth-order valence-corrected chi connectivity index (χ4v) is 3.45. The van der Waals surface area contributed by atoms with Crippen LogP contribution in [0.15, 0.2) is 36.4 Å². The fraction of sp³-hybridized carbons (Fsp3) is 0.350. The van der Waals surface area contributed by atoms with Crippen LogP contribution in [0.3, 0.4) is 0 Å². The van der Waals surface area contributed by atoms with Crippen molar-refractivity contribution in [3.8, 4) is 0 Å². The lowest BCUT2D eigenvalue weighted by molar-refractivity contribution is -0.137. The average Bonchev–Trinajstić information content (AvgIpc) is 2.65. The zero-order valence-corrected chi connectivity index (χ0v) is 16.2. The van der Waals surface area contributed by atoms with E-state index in [1.54, 1.807) is 6.07 Å². The van der Waals surface area contributed by atoms with Crippen LogP contribution in [-0.4, -0.2) is 30.3 Å². The third kappa shape index (κ3) is 5.77. The minimum Gasteiger partial charge on any atom is -0.393 e. The third-order valence-electron chi connectivity index (χ3n) is 4.68. The first-order chi connectivity index (χ1) is 13.7. The number of fused-ring (bicyclic) bond motifs is 1. The number of rotatable bonds is 5. The molecule has 0 aromatic heterocycles. The van der Waals surface area contributed by atoms with E-state index < -0.39 is 17.8 Å². The number of carbonyl (C=O) groups excluding carboxylic acids is 1. The maximum Gasteiger partial charge on any atom is 0.417 e. The van der Waals surface area contributed by atoms with Gasteiger partial charge in [0.2, 0.25) is 0 Å². The van der Waals surface area contributed by atoms with E-state index in [0.717, 1.165) is 24.5 Å². The van der Waals surface area contributed by atoms with Gasteiger partial charge in [-0.15, -0.1) is 0 Å². The molecule has 0 saturated carbocycles. The normalized spacial score (nSPS) is 16.1. The van der Waals surface area contributed by atoms with E-state index in [-0.39, 0.29) is 29.9 Å². The Morgan fingerprint density at radius 3 is 2.62 bits per heavy atom. The van der Waals surface area contributed by atoms with Crippen LogP contribution in [0.5, 0.6) is 0 Å². The molecule has 0 radical (unpaired) electrons. The number of aryl methyl sites for hydroxylation is 1. The quantitative estimate of drug-likeness (QED) is 0.533. The summed E-state index contributed by atoms with van der Waals surface area (Å²) in [7, 11) is 0. The molecule has 29 heavy (non-hydrogen) atoms. The number of hydrogen-bond donors (Lipinski definition) is 4. The van der Waals surface area contributed by atoms with Crippen LogP contribution >= 0.6 is 11.6 Å². The van der Waals surface area contributed by atoms with Gasteiger partial charge in [-0.05, 0) is 60.7 Å². The first-order valence-corrected chi connectivity index (χ1v) is 9.55. The number of aliphatic hydroxyl groups excluding tert-OH is 1. The highest BCUT2D eigenvalue weighted by atomic mass is 35.5. The third-order valence-corrected chi connectivity index (χ3v) is 5.01. The number of urea groups is 1. The van der Waals surface area contributed by atoms with Crippen molar-refractivity contribution in [1.82, 2.24) is 5.32 Å². The van der Waals surface area contributed by atoms with Gasteiger partial charge >= 0.3 is 12.2 Å². The van der Waals surface area contributed by atoms with E-state index in [1.807, 2.05) is 12.1 Å². The van der Waals surface area contributed by atoms with Gasteiger partial charge in [0.1, 0.15) is 0 Å². The molecule has 4 N–H and O–H groups in total. The number of alkyl halides is 3. The van der Waals surface area contributed by atoms with Crippen LogP contribution < -0.4 is 16.0 Å². The van der Waals surface area contributed by atoms with Gasteiger partial charge in [-0.25, -0.2) is 4.79 Å². The molecule has 1 unspecified atom stereocenters. The fourth-order valence-electron chi connectivity index (χ4n) is 3.23. The number of halogens is 4. The standard InChI is InChI=1S/C20H21ClF3N3O2/c21-18-6-4-14(11-17(18)20(22,23)24)25-7-8-26-19(29)27-15-3-1-12-2-5-16(28)10-13(12)9-15/h1,3-4,6,9,11,16,25,28H,2,5,7-8,10H2,(H2,26,27,29). The van der Waals surface area contributed by atoms with Crippen molar-refractivity contribution in [2.45, 2.75) is 31.5 Å². The molecule has 0 aliphatic heterocycles. The maximum atomic E-state index is 12.9. The second kappa shape index (κ2) is 8.92. The van der Waals surface area contributed by atoms with Crippen LogP contribution in [0.4, 0.5) is 29.3 Å². The lowest BCUT2D eigenvalue weighted by atomic mass is 9.89. The van der Waals surface area contributed by atoms with Crippen LogP contribution in [0.2, 0.25) is 5.02 Å². The van der Waals surface area contributed by atoms with Crippen LogP contribution in [-0.2, 0) is 19.0 Å². The van der Waals surface area contributed by atoms with Gasteiger partial charge < -0.3 is 21.1 Å². The summed E-state index contributed by atoms with van der Waals surface area (Å²) < 4.78 is 38.6. The maximum absolute atomic E-state index is 12.9. The molecule has 3 rings (SSSR count). The highest BCUT2D eigenvalue weighted by Crippen LogP contribution is 2.36. The molecule has 156 valence electrons. The van der Waals surface area contributed by atoms with Gasteiger partial charge in [-0.3, -0.25) is 0 Å². The van der Waals surface area contributed by atoms with Crippen molar-refractivity contribution in [2.24, 2.45) is 0 Å². The second-order valence-corrected chi connectivity index (χ2v) is 7.29. The molecule has 2 amide bonds. The van der Waals surface area contributed by atoms with Crippen molar-refractivity contribution in [3.63, 3.8) is 0 Å². The molecule has 1 aliphatic carbocycles. The van der Waals surface area contributed by atoms with Crippen LogP contribution in [0.1, 0.15) is 23.1 Å². The summed E-state index contributed by atoms with van der Waals surface area (Å²) in [5.74, 6) is 0. The van der Waals surface area contributed by atoms with Crippen molar-refractivity contribution in [2.75, 3.05) is 23.7 Å². The smallest absolute Gasteiger partial charge is 0.393 e. The molecular formula is C20H21ClF3N3O2. The van der Waals surface area contributed by atoms with Gasteiger partial charge in [0.05, 0.1) is 16.7 Å². The van der Waals surface area contributed by atoms with Crippen molar-refractivity contribution in [3.05, 3.63) is 58.1 Å². The van der Waals surface area contributed by atoms with Crippen molar-refractivity contribution in [1.29, 1.82) is 0 Å². The van der Waals surface area contributed by atoms with E-state index in [1.165, 1.54) is 17.7 Å². The van der Waals surface area contributed by atoms with Crippen LogP contribution in [0, 0.1) is 0 Å². The Morgan fingerprint density at radius 2 is 1.86 bits per heavy atom. The molecule has 0 saturated heterocycles. The number of amides is 2. The molecule has 0 spiro atoms. The second-order valence-electron chi connectivity index (χ2n) is 6.88. The summed E-state index contributed by atoms with van der Waals surface area (Å²) in [5, 5.41) is 17.6. The van der Waals surface area contributed by atoms with E-state index in [9.17, 15) is 23.1 Å². The summed E-state index contributed by atoms with van der Waals surface area (Å²) >= 11 is 5.59. The predicted molar refractivity (Wildman–Crippen MR) is 106 cm³/mol. The summed E-state index contributed by atoms with van der Waals surface area (Å²) in [4.78, 5) is 12.0. The minimum absolute atomic E-state index is 0.208. The minimum atomic E-state index is -4.53. The van der Waals surface area contributed by atoms with Gasteiger partial charge in [0.15, 0.2) is 0 Å². The molecule has 1 aliphatic rings. The number of anilines is 2. The van der Waals surface area contributed by atoms with Crippen LogP contribution in [0.25, 0.3) is 0 Å². The van der Waals surface area contributed by atoms with E-state index in [4.69, 9.17) is 11.6 Å². The Bertz CT molecular complexity index is 890. The van der Waals surface area contributed by atoms with Gasteiger partial charge in [-0.1, -0.05) is 17.7 Å². The summed E-state index contributed by atoms with van der Waals surface area (Å²) in [6.45, 7) is 0.447. The van der Waals surface area contributed by atoms with Gasteiger partial charge in [0.25, 0.3) is 0 Å². The highest BCUT2D eigenvalue weighted by molar-refractivity contribution is 6.31. The van der Waals surface area contributed by atoms with Gasteiger partial charge in [-0.2, -0.15) is 13.2 Å². The Kier molecular flexibility index (Phi) is 6.54. The molecule has 9 heteroatoms. The lowest BCUT2D eigenvalue weighted by Gasteiger charge is -2.21. The first kappa shape index (κ1) is 21.3. The molecule has 0 heterocycles. The zero-order chi connectivity index (χ0) is 21.0. The zero-order valence-electron chi connectivity index (χ0n) is 15.4. The summed E-state index contributed by atoms with van der Waals surface area (Å²) in [6.07, 6.45) is -2.76. The Labute approximate surface area is 171 Å². The van der Waals surface area contributed by atoms with E-state index >= 15 is 0 Å². The van der Waals surface area contributed by atoms with Gasteiger partial charge in [0, 0.05) is 24.5 Å². The Hall–Kier alpha value is -2.45. The van der Waals surface area contributed by atoms with Crippen molar-refractivity contribution >= 4 is 29.0 Å². The largest absolute Gasteiger partial charge is 0.417 e. The molecule has 1 atom stereocenters. The number of aliphatic hydroxyl groups is 1. The molecular weight excluding hydrogens is 407 g/mol. The Balaban J connectivity index is 1.47. The Morgan fingerprint density at radius 1 is 1.10 bits per heavy atom.